The number of nitrogens with one attached hydrogen (secondary N) is 1. The van der Waals surface area contributed by atoms with Gasteiger partial charge in [-0.2, -0.15) is 10.3 Å². The van der Waals surface area contributed by atoms with Crippen molar-refractivity contribution < 1.29 is 18.8 Å². The SMILES string of the molecule is CCOC(=O)c1n[nH]nc1-c1ccc(-c2cccc(B3OC(C)(C)C(C)(C)O3)c2)cc1. The Morgan fingerprint density at radius 3 is 2.26 bits per heavy atom. The number of carbonyl (C=O) groups is 1. The van der Waals surface area contributed by atoms with E-state index in [4.69, 9.17) is 14.0 Å². The van der Waals surface area contributed by atoms with E-state index in [2.05, 4.69) is 21.5 Å². The lowest BCUT2D eigenvalue weighted by Gasteiger charge is -2.32. The number of benzene rings is 2. The molecule has 1 saturated heterocycles. The van der Waals surface area contributed by atoms with E-state index in [0.29, 0.717) is 5.69 Å². The quantitative estimate of drug-likeness (QED) is 0.502. The molecule has 160 valence electrons. The first-order chi connectivity index (χ1) is 14.7. The third-order valence-corrected chi connectivity index (χ3v) is 5.92. The summed E-state index contributed by atoms with van der Waals surface area (Å²) in [7, 11) is -0.411. The summed E-state index contributed by atoms with van der Waals surface area (Å²) in [4.78, 5) is 12.1. The normalized spacial score (nSPS) is 17.0. The minimum atomic E-state index is -0.495. The molecule has 31 heavy (non-hydrogen) atoms. The zero-order valence-electron chi connectivity index (χ0n) is 18.4. The van der Waals surface area contributed by atoms with Gasteiger partial charge in [-0.05, 0) is 51.2 Å². The standard InChI is InChI=1S/C23H26BN3O4/c1-6-29-21(28)20-19(25-27-26-20)16-12-10-15(11-13-16)17-8-7-9-18(14-17)24-30-22(2,3)23(4,5)31-24/h7-14H,6H2,1-5H3,(H,25,26,27). The molecule has 1 aromatic heterocycles. The summed E-state index contributed by atoms with van der Waals surface area (Å²) in [5, 5.41) is 10.6. The van der Waals surface area contributed by atoms with Crippen LogP contribution in [-0.4, -0.2) is 46.3 Å². The third kappa shape index (κ3) is 4.01. The van der Waals surface area contributed by atoms with Gasteiger partial charge in [0.05, 0.1) is 17.8 Å². The molecule has 3 aromatic rings. The summed E-state index contributed by atoms with van der Waals surface area (Å²) in [6, 6.07) is 15.9. The molecule has 1 fully saturated rings. The Morgan fingerprint density at radius 2 is 1.61 bits per heavy atom. The van der Waals surface area contributed by atoms with Crippen molar-refractivity contribution in [2.45, 2.75) is 45.8 Å². The number of hydrogen-bond acceptors (Lipinski definition) is 6. The maximum absolute atomic E-state index is 12.1. The number of hydrogen-bond donors (Lipinski definition) is 1. The molecule has 0 unspecified atom stereocenters. The molecule has 0 bridgehead atoms. The van der Waals surface area contributed by atoms with Crippen molar-refractivity contribution in [1.82, 2.24) is 15.4 Å². The second kappa shape index (κ2) is 7.94. The van der Waals surface area contributed by atoms with E-state index in [1.807, 2.05) is 70.2 Å². The van der Waals surface area contributed by atoms with Gasteiger partial charge < -0.3 is 14.0 Å². The number of carbonyl (C=O) groups excluding carboxylic acids is 1. The second-order valence-electron chi connectivity index (χ2n) is 8.53. The molecule has 7 nitrogen and oxygen atoms in total. The maximum Gasteiger partial charge on any atom is 0.494 e. The van der Waals surface area contributed by atoms with Crippen LogP contribution in [0.3, 0.4) is 0 Å². The van der Waals surface area contributed by atoms with E-state index in [1.165, 1.54) is 0 Å². The largest absolute Gasteiger partial charge is 0.494 e. The van der Waals surface area contributed by atoms with E-state index in [1.54, 1.807) is 6.92 Å². The summed E-state index contributed by atoms with van der Waals surface area (Å²) in [5.74, 6) is -0.495. The van der Waals surface area contributed by atoms with Gasteiger partial charge in [0, 0.05) is 5.56 Å². The monoisotopic (exact) mass is 419 g/mol. The molecule has 0 atom stereocenters. The molecule has 0 amide bonds. The fraction of sp³-hybridized carbons (Fsp3) is 0.348. The highest BCUT2D eigenvalue weighted by molar-refractivity contribution is 6.62. The van der Waals surface area contributed by atoms with Crippen molar-refractivity contribution in [3.8, 4) is 22.4 Å². The molecular formula is C23H26BN3O4. The van der Waals surface area contributed by atoms with Crippen LogP contribution in [0.25, 0.3) is 22.4 Å². The summed E-state index contributed by atoms with van der Waals surface area (Å²) >= 11 is 0. The number of H-pyrrole nitrogens is 1. The molecule has 0 saturated carbocycles. The Balaban J connectivity index is 1.58. The van der Waals surface area contributed by atoms with Crippen molar-refractivity contribution in [3.63, 3.8) is 0 Å². The number of rotatable bonds is 5. The van der Waals surface area contributed by atoms with Crippen LogP contribution in [-0.2, 0) is 14.0 Å². The molecule has 0 spiro atoms. The van der Waals surface area contributed by atoms with Crippen LogP contribution >= 0.6 is 0 Å². The first kappa shape index (κ1) is 21.3. The van der Waals surface area contributed by atoms with E-state index in [0.717, 1.165) is 22.2 Å². The van der Waals surface area contributed by atoms with Crippen molar-refractivity contribution in [2.75, 3.05) is 6.61 Å². The van der Waals surface area contributed by atoms with Gasteiger partial charge in [-0.15, -0.1) is 5.10 Å². The molecule has 1 aliphatic heterocycles. The predicted octanol–water partition coefficient (Wildman–Crippen LogP) is 3.61. The van der Waals surface area contributed by atoms with E-state index < -0.39 is 13.1 Å². The predicted molar refractivity (Wildman–Crippen MR) is 119 cm³/mol. The molecule has 2 aromatic carbocycles. The molecule has 0 aliphatic carbocycles. The number of ether oxygens (including phenoxy) is 1. The van der Waals surface area contributed by atoms with Crippen LogP contribution in [0.5, 0.6) is 0 Å². The molecule has 8 heteroatoms. The number of aromatic amines is 1. The summed E-state index contributed by atoms with van der Waals surface area (Å²) in [6.45, 7) is 10.2. The molecule has 1 N–H and O–H groups in total. The van der Waals surface area contributed by atoms with Crippen molar-refractivity contribution in [1.29, 1.82) is 0 Å². The highest BCUT2D eigenvalue weighted by Gasteiger charge is 2.51. The Morgan fingerprint density at radius 1 is 0.968 bits per heavy atom. The third-order valence-electron chi connectivity index (χ3n) is 5.92. The molecular weight excluding hydrogens is 393 g/mol. The molecule has 1 aliphatic rings. The highest BCUT2D eigenvalue weighted by atomic mass is 16.7. The van der Waals surface area contributed by atoms with Crippen LogP contribution in [0.4, 0.5) is 0 Å². The van der Waals surface area contributed by atoms with E-state index >= 15 is 0 Å². The zero-order chi connectivity index (χ0) is 22.2. The van der Waals surface area contributed by atoms with Crippen molar-refractivity contribution in [3.05, 3.63) is 54.2 Å². The smallest absolute Gasteiger partial charge is 0.461 e. The lowest BCUT2D eigenvalue weighted by atomic mass is 9.78. The number of nitrogens with zero attached hydrogens (tertiary/aromatic N) is 2. The summed E-state index contributed by atoms with van der Waals surface area (Å²) in [6.07, 6.45) is 0. The van der Waals surface area contributed by atoms with E-state index in [9.17, 15) is 4.79 Å². The fourth-order valence-corrected chi connectivity index (χ4v) is 3.44. The van der Waals surface area contributed by atoms with Crippen LogP contribution in [0.15, 0.2) is 48.5 Å². The zero-order valence-corrected chi connectivity index (χ0v) is 18.4. The van der Waals surface area contributed by atoms with Crippen LogP contribution in [0.1, 0.15) is 45.1 Å². The minimum Gasteiger partial charge on any atom is -0.461 e. The first-order valence-corrected chi connectivity index (χ1v) is 10.4. The van der Waals surface area contributed by atoms with E-state index in [-0.39, 0.29) is 23.5 Å². The Labute approximate surface area is 182 Å². The second-order valence-corrected chi connectivity index (χ2v) is 8.53. The number of aromatic nitrogens is 3. The average molecular weight is 419 g/mol. The van der Waals surface area contributed by atoms with Gasteiger partial charge in [-0.3, -0.25) is 0 Å². The lowest BCUT2D eigenvalue weighted by molar-refractivity contribution is 0.00578. The van der Waals surface area contributed by atoms with Gasteiger partial charge in [0.1, 0.15) is 5.69 Å². The molecule has 2 heterocycles. The minimum absolute atomic E-state index is 0.178. The Kier molecular flexibility index (Phi) is 5.45. The lowest BCUT2D eigenvalue weighted by Crippen LogP contribution is -2.41. The van der Waals surface area contributed by atoms with Crippen molar-refractivity contribution in [2.24, 2.45) is 0 Å². The van der Waals surface area contributed by atoms with Gasteiger partial charge in [0.25, 0.3) is 0 Å². The first-order valence-electron chi connectivity index (χ1n) is 10.4. The topological polar surface area (TPSA) is 86.3 Å². The average Bonchev–Trinajstić information content (AvgIpc) is 3.31. The van der Waals surface area contributed by atoms with Gasteiger partial charge in [-0.1, -0.05) is 48.5 Å². The van der Waals surface area contributed by atoms with Crippen LogP contribution in [0, 0.1) is 0 Å². The summed E-state index contributed by atoms with van der Waals surface area (Å²) in [5.41, 5.74) is 3.71. The number of esters is 1. The van der Waals surface area contributed by atoms with Gasteiger partial charge >= 0.3 is 13.1 Å². The van der Waals surface area contributed by atoms with Gasteiger partial charge in [0.2, 0.25) is 0 Å². The Hall–Kier alpha value is -2.97. The Bertz CT molecular complexity index is 1080. The van der Waals surface area contributed by atoms with Crippen molar-refractivity contribution >= 4 is 18.6 Å². The van der Waals surface area contributed by atoms with Gasteiger partial charge in [-0.25, -0.2) is 4.79 Å². The van der Waals surface area contributed by atoms with Crippen LogP contribution in [0.2, 0.25) is 0 Å². The highest BCUT2D eigenvalue weighted by Crippen LogP contribution is 2.36. The van der Waals surface area contributed by atoms with Crippen LogP contribution < -0.4 is 5.46 Å². The maximum atomic E-state index is 12.1. The fourth-order valence-electron chi connectivity index (χ4n) is 3.44. The molecule has 4 rings (SSSR count). The summed E-state index contributed by atoms with van der Waals surface area (Å²) < 4.78 is 17.4. The van der Waals surface area contributed by atoms with Gasteiger partial charge in [0.15, 0.2) is 5.69 Å². The molecule has 0 radical (unpaired) electrons.